The van der Waals surface area contributed by atoms with Crippen molar-refractivity contribution >= 4 is 28.5 Å². The number of likely N-dealkylation sites (tertiary alicyclic amines) is 1. The number of hydrogen-bond acceptors (Lipinski definition) is 4. The minimum Gasteiger partial charge on any atom is -0.356 e. The van der Waals surface area contributed by atoms with Gasteiger partial charge in [0.2, 0.25) is 0 Å². The monoisotopic (exact) mass is 335 g/mol. The summed E-state index contributed by atoms with van der Waals surface area (Å²) in [5, 5.41) is 6.03. The molecular formula is C16H18ClN3OS. The maximum atomic E-state index is 6.04. The van der Waals surface area contributed by atoms with Crippen molar-refractivity contribution in [3.8, 4) is 11.3 Å². The Kier molecular flexibility index (Phi) is 4.74. The molecular weight excluding hydrogens is 318 g/mol. The van der Waals surface area contributed by atoms with E-state index in [0.717, 1.165) is 41.6 Å². The third-order valence-electron chi connectivity index (χ3n) is 3.85. The zero-order valence-electron chi connectivity index (χ0n) is 12.6. The largest absolute Gasteiger partial charge is 0.356 e. The number of hydrogen-bond donors (Lipinski definition) is 0. The van der Waals surface area contributed by atoms with Gasteiger partial charge in [0.15, 0.2) is 10.9 Å². The number of halogens is 1. The Morgan fingerprint density at radius 3 is 3.05 bits per heavy atom. The van der Waals surface area contributed by atoms with Gasteiger partial charge in [-0.05, 0) is 31.2 Å². The van der Waals surface area contributed by atoms with Gasteiger partial charge in [0.1, 0.15) is 5.69 Å². The molecule has 6 heteroatoms. The van der Waals surface area contributed by atoms with E-state index in [-0.39, 0.29) is 6.04 Å². The van der Waals surface area contributed by atoms with Gasteiger partial charge in [-0.15, -0.1) is 0 Å². The highest BCUT2D eigenvalue weighted by atomic mass is 35.5. The number of aliphatic imine (C=N–C) groups is 1. The van der Waals surface area contributed by atoms with Crippen LogP contribution in [-0.4, -0.2) is 35.1 Å². The first kappa shape index (κ1) is 15.4. The molecule has 0 amide bonds. The van der Waals surface area contributed by atoms with Crippen LogP contribution in [0.15, 0.2) is 39.8 Å². The van der Waals surface area contributed by atoms with Crippen LogP contribution < -0.4 is 0 Å². The predicted octanol–water partition coefficient (Wildman–Crippen LogP) is 4.48. The molecule has 0 aliphatic carbocycles. The summed E-state index contributed by atoms with van der Waals surface area (Å²) in [6.07, 6.45) is 4.27. The molecule has 0 bridgehead atoms. The first-order valence-electron chi connectivity index (χ1n) is 7.23. The second kappa shape index (κ2) is 6.75. The van der Waals surface area contributed by atoms with Crippen LogP contribution in [0.1, 0.15) is 24.6 Å². The number of thioether (sulfide) groups is 1. The smallest absolute Gasteiger partial charge is 0.167 e. The molecule has 1 atom stereocenters. The van der Waals surface area contributed by atoms with Gasteiger partial charge in [-0.3, -0.25) is 4.99 Å². The second-order valence-electron chi connectivity index (χ2n) is 5.19. The Labute approximate surface area is 139 Å². The predicted molar refractivity (Wildman–Crippen MR) is 92.5 cm³/mol. The van der Waals surface area contributed by atoms with E-state index in [1.807, 2.05) is 37.4 Å². The standard InChI is InChI=1S/C16H18ClN3OS/c1-18-16(22-2)20-8-4-7-14(20)13-10-15(21-19-13)11-5-3-6-12(17)9-11/h3,5-6,9-10,14H,4,7-8H2,1-2H3. The minimum absolute atomic E-state index is 0.239. The van der Waals surface area contributed by atoms with Crippen LogP contribution in [0, 0.1) is 0 Å². The van der Waals surface area contributed by atoms with Gasteiger partial charge < -0.3 is 9.42 Å². The van der Waals surface area contributed by atoms with E-state index >= 15 is 0 Å². The molecule has 116 valence electrons. The Morgan fingerprint density at radius 1 is 1.45 bits per heavy atom. The summed E-state index contributed by atoms with van der Waals surface area (Å²) >= 11 is 7.71. The molecule has 3 rings (SSSR count). The first-order chi connectivity index (χ1) is 10.7. The number of rotatable bonds is 2. The van der Waals surface area contributed by atoms with Crippen LogP contribution in [0.2, 0.25) is 5.02 Å². The SMILES string of the molecule is CN=C(SC)N1CCCC1c1cc(-c2cccc(Cl)c2)on1. The van der Waals surface area contributed by atoms with Gasteiger partial charge in [-0.25, -0.2) is 0 Å². The summed E-state index contributed by atoms with van der Waals surface area (Å²) in [6.45, 7) is 1.01. The van der Waals surface area contributed by atoms with Crippen LogP contribution >= 0.6 is 23.4 Å². The average Bonchev–Trinajstić information content (AvgIpc) is 3.17. The lowest BCUT2D eigenvalue weighted by Crippen LogP contribution is -2.28. The van der Waals surface area contributed by atoms with Crippen molar-refractivity contribution in [3.63, 3.8) is 0 Å². The molecule has 1 saturated heterocycles. The van der Waals surface area contributed by atoms with E-state index < -0.39 is 0 Å². The van der Waals surface area contributed by atoms with Crippen LogP contribution in [0.25, 0.3) is 11.3 Å². The zero-order chi connectivity index (χ0) is 15.5. The van der Waals surface area contributed by atoms with Gasteiger partial charge in [-0.2, -0.15) is 0 Å². The number of benzene rings is 1. The van der Waals surface area contributed by atoms with E-state index in [2.05, 4.69) is 21.3 Å². The molecule has 1 aliphatic heterocycles. The molecule has 0 N–H and O–H groups in total. The highest BCUT2D eigenvalue weighted by Crippen LogP contribution is 2.35. The molecule has 0 radical (unpaired) electrons. The molecule has 1 fully saturated rings. The van der Waals surface area contributed by atoms with Crippen molar-refractivity contribution in [2.45, 2.75) is 18.9 Å². The van der Waals surface area contributed by atoms with Crippen molar-refractivity contribution in [2.24, 2.45) is 4.99 Å². The number of nitrogens with zero attached hydrogens (tertiary/aromatic N) is 3. The third kappa shape index (κ3) is 3.01. The van der Waals surface area contributed by atoms with Crippen molar-refractivity contribution in [1.82, 2.24) is 10.1 Å². The lowest BCUT2D eigenvalue weighted by atomic mass is 10.1. The maximum Gasteiger partial charge on any atom is 0.167 e. The highest BCUT2D eigenvalue weighted by molar-refractivity contribution is 8.13. The summed E-state index contributed by atoms with van der Waals surface area (Å²) in [7, 11) is 1.83. The Morgan fingerprint density at radius 2 is 2.32 bits per heavy atom. The summed E-state index contributed by atoms with van der Waals surface area (Å²) in [6, 6.07) is 9.88. The summed E-state index contributed by atoms with van der Waals surface area (Å²) < 4.78 is 5.53. The fraction of sp³-hybridized carbons (Fsp3) is 0.375. The Bertz CT molecular complexity index is 686. The molecule has 1 unspecified atom stereocenters. The van der Waals surface area contributed by atoms with Crippen molar-refractivity contribution in [3.05, 3.63) is 41.0 Å². The average molecular weight is 336 g/mol. The van der Waals surface area contributed by atoms with E-state index in [4.69, 9.17) is 16.1 Å². The fourth-order valence-corrected chi connectivity index (χ4v) is 3.69. The maximum absolute atomic E-state index is 6.04. The fourth-order valence-electron chi connectivity index (χ4n) is 2.86. The molecule has 0 saturated carbocycles. The summed E-state index contributed by atoms with van der Waals surface area (Å²) in [4.78, 5) is 6.68. The van der Waals surface area contributed by atoms with Gasteiger partial charge in [-0.1, -0.05) is 40.7 Å². The summed E-state index contributed by atoms with van der Waals surface area (Å²) in [5.41, 5.74) is 1.91. The van der Waals surface area contributed by atoms with Crippen molar-refractivity contribution in [2.75, 3.05) is 19.8 Å². The van der Waals surface area contributed by atoms with E-state index in [1.54, 1.807) is 11.8 Å². The normalized spacial score (nSPS) is 19.0. The molecule has 0 spiro atoms. The molecule has 4 nitrogen and oxygen atoms in total. The molecule has 22 heavy (non-hydrogen) atoms. The van der Waals surface area contributed by atoms with Crippen LogP contribution in [0.3, 0.4) is 0 Å². The van der Waals surface area contributed by atoms with Gasteiger partial charge in [0.05, 0.1) is 6.04 Å². The molecule has 1 aromatic carbocycles. The van der Waals surface area contributed by atoms with Crippen molar-refractivity contribution in [1.29, 1.82) is 0 Å². The second-order valence-corrected chi connectivity index (χ2v) is 6.40. The zero-order valence-corrected chi connectivity index (χ0v) is 14.2. The van der Waals surface area contributed by atoms with Crippen LogP contribution in [0.5, 0.6) is 0 Å². The molecule has 1 aromatic heterocycles. The topological polar surface area (TPSA) is 41.6 Å². The van der Waals surface area contributed by atoms with Gasteiger partial charge in [0, 0.05) is 30.2 Å². The minimum atomic E-state index is 0.239. The quantitative estimate of drug-likeness (QED) is 0.599. The van der Waals surface area contributed by atoms with E-state index in [0.29, 0.717) is 5.02 Å². The molecule has 1 aliphatic rings. The lowest BCUT2D eigenvalue weighted by molar-refractivity contribution is 0.362. The Hall–Kier alpha value is -1.46. The third-order valence-corrected chi connectivity index (χ3v) is 4.87. The van der Waals surface area contributed by atoms with E-state index in [9.17, 15) is 0 Å². The highest BCUT2D eigenvalue weighted by Gasteiger charge is 2.30. The number of amidine groups is 1. The van der Waals surface area contributed by atoms with Gasteiger partial charge >= 0.3 is 0 Å². The van der Waals surface area contributed by atoms with Crippen molar-refractivity contribution < 1.29 is 4.52 Å². The first-order valence-corrected chi connectivity index (χ1v) is 8.83. The molecule has 2 aromatic rings. The van der Waals surface area contributed by atoms with Crippen LogP contribution in [-0.2, 0) is 0 Å². The Balaban J connectivity index is 1.87. The molecule has 2 heterocycles. The lowest BCUT2D eigenvalue weighted by Gasteiger charge is -2.24. The number of aromatic nitrogens is 1. The van der Waals surface area contributed by atoms with E-state index in [1.165, 1.54) is 0 Å². The van der Waals surface area contributed by atoms with Gasteiger partial charge in [0.25, 0.3) is 0 Å². The van der Waals surface area contributed by atoms with Crippen LogP contribution in [0.4, 0.5) is 0 Å². The summed E-state index contributed by atoms with van der Waals surface area (Å²) in [5.74, 6) is 0.753.